The fourth-order valence-electron chi connectivity index (χ4n) is 4.19. The van der Waals surface area contributed by atoms with E-state index in [1.54, 1.807) is 30.3 Å². The molecule has 4 rings (SSSR count). The lowest BCUT2D eigenvalue weighted by Gasteiger charge is -2.32. The molecule has 7 nitrogen and oxygen atoms in total. The minimum Gasteiger partial charge on any atom is -0.493 e. The number of hydrogen-bond donors (Lipinski definition) is 0. The molecule has 2 unspecified atom stereocenters. The Bertz CT molecular complexity index is 1350. The Balaban J connectivity index is 0.00000462. The molecule has 0 saturated carbocycles. The lowest BCUT2D eigenvalue weighted by atomic mass is 10.1. The zero-order valence-electron chi connectivity index (χ0n) is 22.2. The monoisotopic (exact) mass is 703 g/mol. The van der Waals surface area contributed by atoms with Gasteiger partial charge in [-0.1, -0.05) is 77.9 Å². The minimum atomic E-state index is -0.564. The molecular formula is C29H30BrCl4N3O4. The molecule has 0 aliphatic carbocycles. The molecule has 0 saturated heterocycles. The highest BCUT2D eigenvalue weighted by atomic mass is 79.9. The van der Waals surface area contributed by atoms with E-state index < -0.39 is 16.5 Å². The van der Waals surface area contributed by atoms with E-state index in [9.17, 15) is 10.1 Å². The first-order valence-electron chi connectivity index (χ1n) is 12.8. The number of nitro groups is 1. The highest BCUT2D eigenvalue weighted by Crippen LogP contribution is 2.34. The lowest BCUT2D eigenvalue weighted by Crippen LogP contribution is -2.35. The number of alkyl halides is 1. The first kappa shape index (κ1) is 33.3. The Morgan fingerprint density at radius 1 is 0.976 bits per heavy atom. The Morgan fingerprint density at radius 3 is 2.37 bits per heavy atom. The van der Waals surface area contributed by atoms with Crippen LogP contribution in [0.2, 0.25) is 15.1 Å². The van der Waals surface area contributed by atoms with E-state index in [1.807, 2.05) is 35.5 Å². The number of halogens is 5. The topological polar surface area (TPSA) is 68.1 Å². The third kappa shape index (κ3) is 9.14. The second-order valence-corrected chi connectivity index (χ2v) is 11.1. The smallest absolute Gasteiger partial charge is 0.273 e. The maximum atomic E-state index is 11.3. The zero-order valence-corrected chi connectivity index (χ0v) is 27.0. The summed E-state index contributed by atoms with van der Waals surface area (Å²) in [7, 11) is 0. The number of ether oxygens (including phenoxy) is 2. The molecule has 0 fully saturated rings. The van der Waals surface area contributed by atoms with Gasteiger partial charge >= 0.3 is 0 Å². The van der Waals surface area contributed by atoms with Crippen LogP contribution in [0.4, 0.5) is 5.69 Å². The van der Waals surface area contributed by atoms with Crippen molar-refractivity contribution < 1.29 is 14.4 Å². The second-order valence-electron chi connectivity index (χ2n) is 9.34. The van der Waals surface area contributed by atoms with Gasteiger partial charge in [0.05, 0.1) is 30.9 Å². The molecule has 0 amide bonds. The molecule has 0 N–H and O–H groups in total. The van der Waals surface area contributed by atoms with Gasteiger partial charge in [0.2, 0.25) is 0 Å². The summed E-state index contributed by atoms with van der Waals surface area (Å²) in [6.45, 7) is 3.76. The van der Waals surface area contributed by atoms with Crippen molar-refractivity contribution in [3.8, 4) is 5.75 Å². The number of non-ortho nitro benzene ring substituents is 1. The number of rotatable bonds is 13. The Hall–Kier alpha value is -2.20. The van der Waals surface area contributed by atoms with Crippen molar-refractivity contribution in [2.24, 2.45) is 0 Å². The summed E-state index contributed by atoms with van der Waals surface area (Å²) in [4.78, 5) is 14.9. The van der Waals surface area contributed by atoms with Crippen LogP contribution in [0.3, 0.4) is 0 Å². The van der Waals surface area contributed by atoms with Crippen molar-refractivity contribution in [2.75, 3.05) is 13.3 Å². The van der Waals surface area contributed by atoms with E-state index in [0.29, 0.717) is 40.6 Å². The van der Waals surface area contributed by atoms with Gasteiger partial charge in [-0.2, -0.15) is 0 Å². The molecule has 3 aromatic carbocycles. The van der Waals surface area contributed by atoms with Crippen LogP contribution in [0.25, 0.3) is 0 Å². The summed E-state index contributed by atoms with van der Waals surface area (Å²) in [6, 6.07) is 17.4. The van der Waals surface area contributed by atoms with Gasteiger partial charge in [0.25, 0.3) is 5.69 Å². The second kappa shape index (κ2) is 15.9. The zero-order chi connectivity index (χ0) is 28.6. The molecule has 41 heavy (non-hydrogen) atoms. The summed E-state index contributed by atoms with van der Waals surface area (Å²) in [5.41, 5.74) is 1.94. The van der Waals surface area contributed by atoms with Crippen LogP contribution in [0.5, 0.6) is 5.75 Å². The quantitative estimate of drug-likeness (QED) is 0.0581. The molecule has 3 aromatic rings. The maximum absolute atomic E-state index is 11.3. The van der Waals surface area contributed by atoms with Gasteiger partial charge in [-0.05, 0) is 47.9 Å². The third-order valence-corrected chi connectivity index (χ3v) is 7.72. The molecule has 12 heteroatoms. The van der Waals surface area contributed by atoms with Gasteiger partial charge < -0.3 is 19.3 Å². The Labute approximate surface area is 270 Å². The van der Waals surface area contributed by atoms with Gasteiger partial charge in [0, 0.05) is 45.6 Å². The van der Waals surface area contributed by atoms with Gasteiger partial charge in [0.1, 0.15) is 17.4 Å². The van der Waals surface area contributed by atoms with Gasteiger partial charge in [-0.25, -0.2) is 0 Å². The van der Waals surface area contributed by atoms with Crippen molar-refractivity contribution in [1.82, 2.24) is 9.80 Å². The van der Waals surface area contributed by atoms with Crippen LogP contribution >= 0.6 is 63.4 Å². The normalized spacial score (nSPS) is 14.1. The fraction of sp³-hybridized carbons (Fsp3) is 0.310. The maximum Gasteiger partial charge on any atom is 0.273 e. The van der Waals surface area contributed by atoms with E-state index in [2.05, 4.69) is 11.8 Å². The first-order valence-corrected chi connectivity index (χ1v) is 14.4. The molecule has 0 spiro atoms. The lowest BCUT2D eigenvalue weighted by molar-refractivity contribution is -0.385. The molecule has 0 bridgehead atoms. The first-order chi connectivity index (χ1) is 19.2. The standard InChI is InChI=1S/C29H29Cl4N3O4.BrH/c1-2-3-14-39-27-16-25(36(37)38)11-7-21(27)17-34-12-13-35(19-34)29(33)28(20-4-8-23(30)9-5-20)40-18-22-6-10-24(31)15-26(22)32;/h4-13,15-16,28-29H,2-3,14,17-19H2,1H3;1H. The Morgan fingerprint density at radius 2 is 1.68 bits per heavy atom. The molecule has 0 radical (unpaired) electrons. The van der Waals surface area contributed by atoms with E-state index in [0.717, 1.165) is 29.5 Å². The summed E-state index contributed by atoms with van der Waals surface area (Å²) in [6.07, 6.45) is 5.15. The van der Waals surface area contributed by atoms with E-state index in [4.69, 9.17) is 55.9 Å². The van der Waals surface area contributed by atoms with Crippen LogP contribution in [0.15, 0.2) is 73.1 Å². The van der Waals surface area contributed by atoms with E-state index >= 15 is 0 Å². The van der Waals surface area contributed by atoms with E-state index in [-0.39, 0.29) is 29.3 Å². The predicted molar refractivity (Wildman–Crippen MR) is 170 cm³/mol. The molecular weight excluding hydrogens is 676 g/mol. The molecule has 0 aromatic heterocycles. The number of benzene rings is 3. The van der Waals surface area contributed by atoms with Crippen molar-refractivity contribution in [1.29, 1.82) is 0 Å². The fourth-order valence-corrected chi connectivity index (χ4v) is 5.13. The van der Waals surface area contributed by atoms with Crippen molar-refractivity contribution in [3.05, 3.63) is 115 Å². The molecule has 1 aliphatic rings. The van der Waals surface area contributed by atoms with Crippen molar-refractivity contribution >= 4 is 69.1 Å². The molecule has 2 atom stereocenters. The highest BCUT2D eigenvalue weighted by Gasteiger charge is 2.30. The molecule has 220 valence electrons. The average molecular weight is 706 g/mol. The van der Waals surface area contributed by atoms with Crippen LogP contribution in [0, 0.1) is 10.1 Å². The summed E-state index contributed by atoms with van der Waals surface area (Å²) >= 11 is 25.6. The summed E-state index contributed by atoms with van der Waals surface area (Å²) in [5, 5.41) is 13.0. The SMILES string of the molecule is Br.CCCCOc1cc([N+](=O)[O-])ccc1CN1C=CN(C(Cl)C(OCc2ccc(Cl)cc2Cl)c2ccc(Cl)cc2)C1. The summed E-state index contributed by atoms with van der Waals surface area (Å²) in [5.74, 6) is 0.513. The Kier molecular flexibility index (Phi) is 12.9. The van der Waals surface area contributed by atoms with Crippen LogP contribution in [0.1, 0.15) is 42.6 Å². The average Bonchev–Trinajstić information content (AvgIpc) is 3.40. The summed E-state index contributed by atoms with van der Waals surface area (Å²) < 4.78 is 12.2. The van der Waals surface area contributed by atoms with Crippen LogP contribution < -0.4 is 4.74 Å². The third-order valence-electron chi connectivity index (χ3n) is 6.40. The predicted octanol–water partition coefficient (Wildman–Crippen LogP) is 9.38. The van der Waals surface area contributed by atoms with Gasteiger partial charge in [-0.15, -0.1) is 17.0 Å². The van der Waals surface area contributed by atoms with E-state index in [1.165, 1.54) is 12.1 Å². The van der Waals surface area contributed by atoms with Crippen molar-refractivity contribution in [2.45, 2.75) is 44.5 Å². The number of hydrogen-bond acceptors (Lipinski definition) is 6. The van der Waals surface area contributed by atoms with Crippen LogP contribution in [-0.4, -0.2) is 33.5 Å². The van der Waals surface area contributed by atoms with Gasteiger partial charge in [-0.3, -0.25) is 10.1 Å². The largest absolute Gasteiger partial charge is 0.493 e. The number of unbranched alkanes of at least 4 members (excludes halogenated alkanes) is 1. The van der Waals surface area contributed by atoms with Gasteiger partial charge in [0.15, 0.2) is 0 Å². The molecule has 1 heterocycles. The van der Waals surface area contributed by atoms with Crippen molar-refractivity contribution in [3.63, 3.8) is 0 Å². The minimum absolute atomic E-state index is 0. The van der Waals surface area contributed by atoms with Crippen LogP contribution in [-0.2, 0) is 17.9 Å². The number of nitrogens with zero attached hydrogens (tertiary/aromatic N) is 3. The highest BCUT2D eigenvalue weighted by molar-refractivity contribution is 8.93. The molecule has 1 aliphatic heterocycles. The number of nitro benzene ring substituents is 1.